The minimum atomic E-state index is -0.590. The van der Waals surface area contributed by atoms with E-state index in [2.05, 4.69) is 26.0 Å². The predicted octanol–water partition coefficient (Wildman–Crippen LogP) is 5.50. The molecule has 4 aliphatic rings. The number of hydrogen-bond acceptors (Lipinski definition) is 8. The topological polar surface area (TPSA) is 83.0 Å². The molecule has 0 spiro atoms. The van der Waals surface area contributed by atoms with Crippen molar-refractivity contribution >= 4 is 27.5 Å². The molecule has 0 radical (unpaired) electrons. The summed E-state index contributed by atoms with van der Waals surface area (Å²) >= 11 is 0. The molecular formula is C36H37F2N5O3. The number of aromatic hydroxyl groups is 1. The van der Waals surface area contributed by atoms with Crippen LogP contribution in [0.5, 0.6) is 11.8 Å². The lowest BCUT2D eigenvalue weighted by Crippen LogP contribution is -2.51. The fourth-order valence-electron chi connectivity index (χ4n) is 7.68. The first-order chi connectivity index (χ1) is 22.3. The van der Waals surface area contributed by atoms with Gasteiger partial charge >= 0.3 is 6.01 Å². The minimum absolute atomic E-state index is 0.000488. The Kier molecular flexibility index (Phi) is 7.24. The molecule has 3 aliphatic heterocycles. The SMILES string of the molecule is C#Cc1c(F)ccc2cc(O)cc(-c3c(C)cc4c(N5CC6CCC(C5)N6)nc(OCC5(CN6CCCOC6)CC5)nc4c3F)c12. The van der Waals surface area contributed by atoms with Crippen molar-refractivity contribution in [3.8, 4) is 35.2 Å². The molecule has 1 aliphatic carbocycles. The number of halogens is 2. The molecule has 4 aromatic rings. The number of phenolic OH excluding ortho intramolecular Hbond substituents is 1. The van der Waals surface area contributed by atoms with Crippen LogP contribution >= 0.6 is 0 Å². The molecule has 3 saturated heterocycles. The van der Waals surface area contributed by atoms with Gasteiger partial charge in [-0.25, -0.2) is 8.78 Å². The Hall–Kier alpha value is -4.04. The first-order valence-corrected chi connectivity index (χ1v) is 16.2. The second-order valence-electron chi connectivity index (χ2n) is 13.5. The molecule has 2 unspecified atom stereocenters. The maximum absolute atomic E-state index is 17.1. The maximum Gasteiger partial charge on any atom is 0.319 e. The average Bonchev–Trinajstić information content (AvgIpc) is 3.73. The molecule has 2 bridgehead atoms. The molecule has 4 fully saturated rings. The average molecular weight is 626 g/mol. The molecule has 8 nitrogen and oxygen atoms in total. The molecule has 4 heterocycles. The van der Waals surface area contributed by atoms with Gasteiger partial charge < -0.3 is 24.8 Å². The largest absolute Gasteiger partial charge is 0.508 e. The zero-order valence-corrected chi connectivity index (χ0v) is 25.9. The van der Waals surface area contributed by atoms with Crippen LogP contribution in [0.4, 0.5) is 14.6 Å². The molecular weight excluding hydrogens is 588 g/mol. The van der Waals surface area contributed by atoms with E-state index in [0.717, 1.165) is 64.9 Å². The summed E-state index contributed by atoms with van der Waals surface area (Å²) in [5.41, 5.74) is 1.25. The lowest BCUT2D eigenvalue weighted by Gasteiger charge is -2.34. The van der Waals surface area contributed by atoms with Gasteiger partial charge in [-0.05, 0) is 79.8 Å². The van der Waals surface area contributed by atoms with E-state index in [0.29, 0.717) is 58.5 Å². The summed E-state index contributed by atoms with van der Waals surface area (Å²) < 4.78 is 44.0. The minimum Gasteiger partial charge on any atom is -0.508 e. The Labute approximate surface area is 266 Å². The van der Waals surface area contributed by atoms with E-state index in [1.54, 1.807) is 6.92 Å². The Balaban J connectivity index is 1.25. The van der Waals surface area contributed by atoms with E-state index >= 15 is 4.39 Å². The lowest BCUT2D eigenvalue weighted by molar-refractivity contribution is -0.0264. The highest BCUT2D eigenvalue weighted by Gasteiger charge is 2.45. The van der Waals surface area contributed by atoms with Gasteiger partial charge in [-0.1, -0.05) is 12.0 Å². The summed E-state index contributed by atoms with van der Waals surface area (Å²) in [7, 11) is 0. The number of nitrogens with zero attached hydrogens (tertiary/aromatic N) is 4. The highest BCUT2D eigenvalue weighted by atomic mass is 19.1. The van der Waals surface area contributed by atoms with Crippen LogP contribution in [0.25, 0.3) is 32.8 Å². The summed E-state index contributed by atoms with van der Waals surface area (Å²) in [6, 6.07) is 8.46. The number of anilines is 1. The second kappa shape index (κ2) is 11.3. The normalized spacial score (nSPS) is 22.3. The van der Waals surface area contributed by atoms with Crippen LogP contribution in [0.1, 0.15) is 43.2 Å². The number of phenols is 1. The van der Waals surface area contributed by atoms with Crippen LogP contribution in [-0.4, -0.2) is 78.2 Å². The number of ether oxygens (including phenoxy) is 2. The first-order valence-electron chi connectivity index (χ1n) is 16.2. The number of hydrogen-bond donors (Lipinski definition) is 2. The van der Waals surface area contributed by atoms with Gasteiger partial charge in [-0.3, -0.25) is 4.90 Å². The fourth-order valence-corrected chi connectivity index (χ4v) is 7.68. The van der Waals surface area contributed by atoms with Crippen molar-refractivity contribution < 1.29 is 23.4 Å². The summed E-state index contributed by atoms with van der Waals surface area (Å²) in [5, 5.41) is 15.8. The zero-order valence-electron chi connectivity index (χ0n) is 25.9. The number of piperazine rings is 1. The molecule has 46 heavy (non-hydrogen) atoms. The summed E-state index contributed by atoms with van der Waals surface area (Å²) in [4.78, 5) is 14.2. The van der Waals surface area contributed by atoms with E-state index in [-0.39, 0.29) is 33.8 Å². The smallest absolute Gasteiger partial charge is 0.319 e. The Morgan fingerprint density at radius 2 is 1.96 bits per heavy atom. The van der Waals surface area contributed by atoms with Crippen molar-refractivity contribution in [2.45, 2.75) is 51.1 Å². The van der Waals surface area contributed by atoms with Crippen LogP contribution in [0.2, 0.25) is 0 Å². The monoisotopic (exact) mass is 625 g/mol. The highest BCUT2D eigenvalue weighted by Crippen LogP contribution is 2.47. The summed E-state index contributed by atoms with van der Waals surface area (Å²) in [6.07, 6.45) is 11.0. The highest BCUT2D eigenvalue weighted by molar-refractivity contribution is 6.05. The number of aryl methyl sites for hydroxylation is 1. The second-order valence-corrected chi connectivity index (χ2v) is 13.5. The first kappa shape index (κ1) is 29.4. The molecule has 2 atom stereocenters. The van der Waals surface area contributed by atoms with E-state index in [1.165, 1.54) is 24.3 Å². The van der Waals surface area contributed by atoms with Gasteiger partial charge in [0.25, 0.3) is 0 Å². The lowest BCUT2D eigenvalue weighted by atomic mass is 9.90. The zero-order chi connectivity index (χ0) is 31.6. The van der Waals surface area contributed by atoms with E-state index < -0.39 is 11.6 Å². The van der Waals surface area contributed by atoms with Crippen molar-refractivity contribution in [2.75, 3.05) is 51.0 Å². The third kappa shape index (κ3) is 5.20. The van der Waals surface area contributed by atoms with Gasteiger partial charge in [0.1, 0.15) is 22.9 Å². The molecule has 238 valence electrons. The summed E-state index contributed by atoms with van der Waals surface area (Å²) in [5.74, 6) is 1.84. The molecule has 1 aromatic heterocycles. The Morgan fingerprint density at radius 1 is 1.15 bits per heavy atom. The third-order valence-corrected chi connectivity index (χ3v) is 10.1. The number of terminal acetylenes is 1. The van der Waals surface area contributed by atoms with Crippen molar-refractivity contribution in [3.05, 3.63) is 53.1 Å². The van der Waals surface area contributed by atoms with Crippen molar-refractivity contribution in [3.63, 3.8) is 0 Å². The van der Waals surface area contributed by atoms with Gasteiger partial charge in [-0.15, -0.1) is 6.42 Å². The van der Waals surface area contributed by atoms with E-state index in [9.17, 15) is 9.50 Å². The maximum atomic E-state index is 17.1. The van der Waals surface area contributed by atoms with Crippen molar-refractivity contribution in [2.24, 2.45) is 5.41 Å². The molecule has 0 amide bonds. The number of rotatable bonds is 7. The van der Waals surface area contributed by atoms with Gasteiger partial charge in [0, 0.05) is 66.6 Å². The van der Waals surface area contributed by atoms with Crippen LogP contribution in [0, 0.1) is 36.3 Å². The van der Waals surface area contributed by atoms with Crippen LogP contribution < -0.4 is 15.0 Å². The number of fused-ring (bicyclic) bond motifs is 4. The van der Waals surface area contributed by atoms with Gasteiger partial charge in [0.15, 0.2) is 5.82 Å². The number of nitrogens with one attached hydrogen (secondary N) is 1. The summed E-state index contributed by atoms with van der Waals surface area (Å²) in [6.45, 7) is 7.06. The van der Waals surface area contributed by atoms with E-state index in [4.69, 9.17) is 20.9 Å². The number of aromatic nitrogens is 2. The van der Waals surface area contributed by atoms with Gasteiger partial charge in [0.05, 0.1) is 18.9 Å². The molecule has 2 N–H and O–H groups in total. The van der Waals surface area contributed by atoms with Gasteiger partial charge in [0.2, 0.25) is 0 Å². The Bertz CT molecular complexity index is 1890. The standard InChI is InChI=1S/C36H37F2N5O3/c1-3-26-29(37)8-5-22-14-25(44)15-27(31(22)26)30-21(2)13-28-33(32(30)38)40-35(41-34(28)43-16-23-6-7-24(17-43)39-23)46-19-36(9-10-36)18-42-11-4-12-45-20-42/h1,5,8,13-15,23-24,39,44H,4,6-7,9-12,16-20H2,2H3. The van der Waals surface area contributed by atoms with Crippen molar-refractivity contribution in [1.29, 1.82) is 0 Å². The van der Waals surface area contributed by atoms with Crippen molar-refractivity contribution in [1.82, 2.24) is 20.2 Å². The van der Waals surface area contributed by atoms with Gasteiger partial charge in [-0.2, -0.15) is 9.97 Å². The Morgan fingerprint density at radius 3 is 2.67 bits per heavy atom. The molecule has 10 heteroatoms. The number of benzene rings is 3. The van der Waals surface area contributed by atoms with E-state index in [1.807, 2.05) is 6.07 Å². The predicted molar refractivity (Wildman–Crippen MR) is 173 cm³/mol. The molecule has 3 aromatic carbocycles. The molecule has 8 rings (SSSR count). The fraction of sp³-hybridized carbons (Fsp3) is 0.444. The third-order valence-electron chi connectivity index (χ3n) is 10.1. The quantitative estimate of drug-likeness (QED) is 0.261. The van der Waals surface area contributed by atoms with Crippen LogP contribution in [0.15, 0.2) is 30.3 Å². The molecule has 1 saturated carbocycles. The van der Waals surface area contributed by atoms with Crippen LogP contribution in [-0.2, 0) is 4.74 Å². The van der Waals surface area contributed by atoms with Crippen LogP contribution in [0.3, 0.4) is 0 Å².